The Kier molecular flexibility index (Phi) is 4.93. The summed E-state index contributed by atoms with van der Waals surface area (Å²) in [5.41, 5.74) is 2.33. The van der Waals surface area contributed by atoms with E-state index < -0.39 is 0 Å². The van der Waals surface area contributed by atoms with Gasteiger partial charge in [0.15, 0.2) is 0 Å². The summed E-state index contributed by atoms with van der Waals surface area (Å²) in [6.45, 7) is 6.79. The first kappa shape index (κ1) is 14.0. The molecular weight excluding hydrogens is 238 g/mol. The third kappa shape index (κ3) is 3.55. The van der Waals surface area contributed by atoms with Crippen molar-refractivity contribution < 1.29 is 4.74 Å². The number of nitrogens with one attached hydrogen (secondary N) is 1. The van der Waals surface area contributed by atoms with Crippen molar-refractivity contribution in [2.45, 2.75) is 39.4 Å². The van der Waals surface area contributed by atoms with Gasteiger partial charge in [-0.2, -0.15) is 5.10 Å². The number of benzene rings is 1. The molecule has 1 heterocycles. The molecule has 19 heavy (non-hydrogen) atoms. The lowest BCUT2D eigenvalue weighted by Gasteiger charge is -2.05. The predicted molar refractivity (Wildman–Crippen MR) is 78.2 cm³/mol. The van der Waals surface area contributed by atoms with E-state index in [4.69, 9.17) is 9.84 Å². The first-order chi connectivity index (χ1) is 9.22. The van der Waals surface area contributed by atoms with E-state index in [1.807, 2.05) is 0 Å². The molecule has 0 spiro atoms. The van der Waals surface area contributed by atoms with Crippen LogP contribution in [0.3, 0.4) is 0 Å². The summed E-state index contributed by atoms with van der Waals surface area (Å²) in [5.74, 6) is 0. The van der Waals surface area contributed by atoms with Crippen LogP contribution in [0.4, 0.5) is 0 Å². The summed E-state index contributed by atoms with van der Waals surface area (Å²) < 4.78 is 7.20. The second-order valence-corrected chi connectivity index (χ2v) is 5.07. The van der Waals surface area contributed by atoms with E-state index in [2.05, 4.69) is 48.1 Å². The fourth-order valence-corrected chi connectivity index (χ4v) is 2.16. The second kappa shape index (κ2) is 6.68. The van der Waals surface area contributed by atoms with Gasteiger partial charge in [-0.25, -0.2) is 0 Å². The van der Waals surface area contributed by atoms with Crippen LogP contribution in [-0.2, 0) is 17.8 Å². The molecule has 0 fully saturated rings. The van der Waals surface area contributed by atoms with Gasteiger partial charge < -0.3 is 10.1 Å². The van der Waals surface area contributed by atoms with E-state index >= 15 is 0 Å². The molecule has 4 heteroatoms. The van der Waals surface area contributed by atoms with E-state index in [9.17, 15) is 0 Å². The Bertz CT molecular complexity index is 519. The van der Waals surface area contributed by atoms with Crippen LogP contribution in [0.25, 0.3) is 10.9 Å². The maximum atomic E-state index is 5.11. The van der Waals surface area contributed by atoms with Crippen molar-refractivity contribution in [2.75, 3.05) is 13.7 Å². The van der Waals surface area contributed by atoms with Gasteiger partial charge in [-0.3, -0.25) is 4.68 Å². The topological polar surface area (TPSA) is 39.1 Å². The molecule has 0 aliphatic rings. The molecule has 0 amide bonds. The third-order valence-electron chi connectivity index (χ3n) is 3.13. The van der Waals surface area contributed by atoms with Crippen LogP contribution in [-0.4, -0.2) is 29.5 Å². The van der Waals surface area contributed by atoms with Gasteiger partial charge in [-0.1, -0.05) is 32.0 Å². The van der Waals surface area contributed by atoms with E-state index in [-0.39, 0.29) is 0 Å². The molecule has 2 rings (SSSR count). The number of hydrogen-bond acceptors (Lipinski definition) is 3. The summed E-state index contributed by atoms with van der Waals surface area (Å²) in [7, 11) is 1.74. The summed E-state index contributed by atoms with van der Waals surface area (Å²) >= 11 is 0. The Morgan fingerprint density at radius 3 is 2.84 bits per heavy atom. The average molecular weight is 261 g/mol. The molecule has 4 nitrogen and oxygen atoms in total. The molecule has 0 saturated carbocycles. The van der Waals surface area contributed by atoms with Gasteiger partial charge in [0.05, 0.1) is 11.2 Å². The van der Waals surface area contributed by atoms with E-state index in [0.717, 1.165) is 31.8 Å². The number of methoxy groups -OCH3 is 1. The normalized spacial score (nSPS) is 11.6. The second-order valence-electron chi connectivity index (χ2n) is 5.07. The molecule has 0 aliphatic carbocycles. The van der Waals surface area contributed by atoms with Gasteiger partial charge in [0.2, 0.25) is 0 Å². The van der Waals surface area contributed by atoms with E-state index in [0.29, 0.717) is 6.04 Å². The van der Waals surface area contributed by atoms with Crippen LogP contribution in [0.15, 0.2) is 24.3 Å². The zero-order valence-corrected chi connectivity index (χ0v) is 12.0. The van der Waals surface area contributed by atoms with Gasteiger partial charge in [0.25, 0.3) is 0 Å². The lowest BCUT2D eigenvalue weighted by Crippen LogP contribution is -2.22. The van der Waals surface area contributed by atoms with Crippen LogP contribution in [0.1, 0.15) is 26.0 Å². The van der Waals surface area contributed by atoms with Crippen molar-refractivity contribution in [1.82, 2.24) is 15.1 Å². The predicted octanol–water partition coefficient (Wildman–Crippen LogP) is 2.57. The fourth-order valence-electron chi connectivity index (χ4n) is 2.16. The first-order valence-corrected chi connectivity index (χ1v) is 6.89. The number of fused-ring (bicyclic) bond motifs is 1. The molecule has 1 N–H and O–H groups in total. The number of nitrogens with zero attached hydrogens (tertiary/aromatic N) is 2. The lowest BCUT2D eigenvalue weighted by atomic mass is 10.2. The Morgan fingerprint density at radius 2 is 2.11 bits per heavy atom. The van der Waals surface area contributed by atoms with Crippen LogP contribution in [0.5, 0.6) is 0 Å². The third-order valence-corrected chi connectivity index (χ3v) is 3.13. The largest absolute Gasteiger partial charge is 0.385 e. The van der Waals surface area contributed by atoms with Crippen LogP contribution >= 0.6 is 0 Å². The highest BCUT2D eigenvalue weighted by molar-refractivity contribution is 5.81. The zero-order valence-electron chi connectivity index (χ0n) is 12.0. The van der Waals surface area contributed by atoms with Crippen LogP contribution in [0, 0.1) is 0 Å². The van der Waals surface area contributed by atoms with Gasteiger partial charge in [0, 0.05) is 38.2 Å². The van der Waals surface area contributed by atoms with Crippen molar-refractivity contribution in [3.63, 3.8) is 0 Å². The maximum absolute atomic E-state index is 5.11. The average Bonchev–Trinajstić information content (AvgIpc) is 2.76. The van der Waals surface area contributed by atoms with Crippen molar-refractivity contribution in [3.05, 3.63) is 30.0 Å². The molecule has 0 radical (unpaired) electrons. The highest BCUT2D eigenvalue weighted by atomic mass is 16.5. The highest BCUT2D eigenvalue weighted by Crippen LogP contribution is 2.18. The number of para-hydroxylation sites is 1. The molecule has 1 aromatic carbocycles. The monoisotopic (exact) mass is 261 g/mol. The lowest BCUT2D eigenvalue weighted by molar-refractivity contribution is 0.189. The molecule has 0 unspecified atom stereocenters. The van der Waals surface area contributed by atoms with Crippen molar-refractivity contribution >= 4 is 10.9 Å². The number of aryl methyl sites for hydroxylation is 1. The Morgan fingerprint density at radius 1 is 1.32 bits per heavy atom. The standard InChI is InChI=1S/C15H23N3O/c1-12(2)16-11-14-13-7-4-5-8-15(13)18(17-14)9-6-10-19-3/h4-5,7-8,12,16H,6,9-11H2,1-3H3. The number of hydrogen-bond donors (Lipinski definition) is 1. The van der Waals surface area contributed by atoms with Crippen molar-refractivity contribution in [2.24, 2.45) is 0 Å². The maximum Gasteiger partial charge on any atom is 0.0841 e. The number of rotatable bonds is 7. The number of ether oxygens (including phenoxy) is 1. The zero-order chi connectivity index (χ0) is 13.7. The van der Waals surface area contributed by atoms with Gasteiger partial charge in [0.1, 0.15) is 0 Å². The molecule has 0 saturated heterocycles. The fraction of sp³-hybridized carbons (Fsp3) is 0.533. The quantitative estimate of drug-likeness (QED) is 0.779. The summed E-state index contributed by atoms with van der Waals surface area (Å²) in [6, 6.07) is 8.89. The Hall–Kier alpha value is -1.39. The minimum atomic E-state index is 0.470. The summed E-state index contributed by atoms with van der Waals surface area (Å²) in [4.78, 5) is 0. The van der Waals surface area contributed by atoms with E-state index in [1.165, 1.54) is 10.9 Å². The SMILES string of the molecule is COCCCn1nc(CNC(C)C)c2ccccc21. The van der Waals surface area contributed by atoms with Gasteiger partial charge in [-0.05, 0) is 12.5 Å². The van der Waals surface area contributed by atoms with Crippen molar-refractivity contribution in [3.8, 4) is 0 Å². The Labute approximate surface area is 114 Å². The van der Waals surface area contributed by atoms with Crippen molar-refractivity contribution in [1.29, 1.82) is 0 Å². The molecule has 0 bridgehead atoms. The molecule has 1 aromatic heterocycles. The molecular formula is C15H23N3O. The van der Waals surface area contributed by atoms with Gasteiger partial charge in [-0.15, -0.1) is 0 Å². The molecule has 2 aromatic rings. The number of aromatic nitrogens is 2. The smallest absolute Gasteiger partial charge is 0.0841 e. The minimum Gasteiger partial charge on any atom is -0.385 e. The van der Waals surface area contributed by atoms with Gasteiger partial charge >= 0.3 is 0 Å². The first-order valence-electron chi connectivity index (χ1n) is 6.89. The molecule has 0 atom stereocenters. The molecule has 0 aliphatic heterocycles. The molecule has 104 valence electrons. The summed E-state index contributed by atoms with van der Waals surface area (Å²) in [6.07, 6.45) is 0.985. The summed E-state index contributed by atoms with van der Waals surface area (Å²) in [5, 5.41) is 9.41. The van der Waals surface area contributed by atoms with E-state index in [1.54, 1.807) is 7.11 Å². The highest BCUT2D eigenvalue weighted by Gasteiger charge is 2.09. The van der Waals surface area contributed by atoms with Crippen LogP contribution in [0.2, 0.25) is 0 Å². The van der Waals surface area contributed by atoms with Crippen LogP contribution < -0.4 is 5.32 Å². The minimum absolute atomic E-state index is 0.470. The Balaban J connectivity index is 2.21.